The van der Waals surface area contributed by atoms with Crippen LogP contribution >= 0.6 is 0 Å². The average molecular weight is 316 g/mol. The van der Waals surface area contributed by atoms with Crippen LogP contribution in [-0.2, 0) is 6.18 Å². The van der Waals surface area contributed by atoms with Gasteiger partial charge in [-0.3, -0.25) is 0 Å². The van der Waals surface area contributed by atoms with Crippen molar-refractivity contribution in [2.75, 3.05) is 5.32 Å². The average Bonchev–Trinajstić information content (AvgIpc) is 2.52. The first-order valence-corrected chi connectivity index (χ1v) is 7.16. The Bertz CT molecular complexity index is 853. The van der Waals surface area contributed by atoms with Crippen LogP contribution in [0.1, 0.15) is 16.7 Å². The van der Waals surface area contributed by atoms with Gasteiger partial charge in [0.1, 0.15) is 5.82 Å². The molecular formula is C18H15F3N2. The second-order valence-electron chi connectivity index (χ2n) is 5.43. The van der Waals surface area contributed by atoms with Crippen LogP contribution in [0.25, 0.3) is 10.9 Å². The van der Waals surface area contributed by atoms with Crippen LogP contribution in [0.15, 0.2) is 48.5 Å². The molecule has 0 unspecified atom stereocenters. The van der Waals surface area contributed by atoms with Gasteiger partial charge >= 0.3 is 6.18 Å². The number of aryl methyl sites for hydroxylation is 1. The highest BCUT2D eigenvalue weighted by Crippen LogP contribution is 2.31. The van der Waals surface area contributed by atoms with E-state index in [2.05, 4.69) is 10.3 Å². The van der Waals surface area contributed by atoms with Crippen LogP contribution in [0.2, 0.25) is 0 Å². The molecule has 2 aromatic carbocycles. The number of hydrogen-bond acceptors (Lipinski definition) is 2. The summed E-state index contributed by atoms with van der Waals surface area (Å²) >= 11 is 0. The van der Waals surface area contributed by atoms with Crippen molar-refractivity contribution in [3.63, 3.8) is 0 Å². The number of benzene rings is 2. The summed E-state index contributed by atoms with van der Waals surface area (Å²) in [7, 11) is 0. The SMILES string of the molecule is Cc1c(Nc2ccc(C(F)(F)F)cc2)nc2ccccc2c1C. The van der Waals surface area contributed by atoms with Gasteiger partial charge in [-0.2, -0.15) is 13.2 Å². The standard InChI is InChI=1S/C18H15F3N2/c1-11-12(2)17(23-16-6-4-3-5-15(11)16)22-14-9-7-13(8-10-14)18(19,20)21/h3-10H,1-2H3,(H,22,23). The molecule has 0 aliphatic carbocycles. The Morgan fingerprint density at radius 1 is 0.870 bits per heavy atom. The van der Waals surface area contributed by atoms with Crippen LogP contribution in [0.4, 0.5) is 24.7 Å². The van der Waals surface area contributed by atoms with Crippen LogP contribution in [0.5, 0.6) is 0 Å². The molecule has 1 aromatic heterocycles. The predicted molar refractivity (Wildman–Crippen MR) is 85.9 cm³/mol. The zero-order chi connectivity index (χ0) is 16.6. The fourth-order valence-electron chi connectivity index (χ4n) is 2.47. The van der Waals surface area contributed by atoms with Crippen LogP contribution in [0.3, 0.4) is 0 Å². The maximum absolute atomic E-state index is 12.6. The van der Waals surface area contributed by atoms with E-state index in [0.717, 1.165) is 34.2 Å². The number of nitrogens with one attached hydrogen (secondary N) is 1. The highest BCUT2D eigenvalue weighted by Gasteiger charge is 2.29. The monoisotopic (exact) mass is 316 g/mol. The van der Waals surface area contributed by atoms with E-state index in [4.69, 9.17) is 0 Å². The van der Waals surface area contributed by atoms with Gasteiger partial charge in [0.2, 0.25) is 0 Å². The van der Waals surface area contributed by atoms with Gasteiger partial charge < -0.3 is 5.32 Å². The van der Waals surface area contributed by atoms with E-state index in [1.165, 1.54) is 12.1 Å². The Balaban J connectivity index is 1.97. The molecule has 5 heteroatoms. The van der Waals surface area contributed by atoms with Crippen molar-refractivity contribution in [1.29, 1.82) is 0 Å². The minimum Gasteiger partial charge on any atom is -0.340 e. The molecule has 0 aliphatic heterocycles. The number of pyridine rings is 1. The first-order chi connectivity index (χ1) is 10.9. The van der Waals surface area contributed by atoms with Crippen molar-refractivity contribution in [3.05, 3.63) is 65.2 Å². The number of fused-ring (bicyclic) bond motifs is 1. The summed E-state index contributed by atoms with van der Waals surface area (Å²) in [6, 6.07) is 12.7. The third kappa shape index (κ3) is 2.99. The Morgan fingerprint density at radius 3 is 2.17 bits per heavy atom. The zero-order valence-electron chi connectivity index (χ0n) is 12.7. The van der Waals surface area contributed by atoms with Gasteiger partial charge in [0, 0.05) is 11.1 Å². The largest absolute Gasteiger partial charge is 0.416 e. The van der Waals surface area contributed by atoms with Crippen LogP contribution in [0, 0.1) is 13.8 Å². The predicted octanol–water partition coefficient (Wildman–Crippen LogP) is 5.61. The second kappa shape index (κ2) is 5.57. The lowest BCUT2D eigenvalue weighted by atomic mass is 10.0. The molecule has 0 atom stereocenters. The highest BCUT2D eigenvalue weighted by atomic mass is 19.4. The zero-order valence-corrected chi connectivity index (χ0v) is 12.7. The van der Waals surface area contributed by atoms with Crippen molar-refractivity contribution >= 4 is 22.4 Å². The highest BCUT2D eigenvalue weighted by molar-refractivity contribution is 5.86. The molecule has 0 spiro atoms. The van der Waals surface area contributed by atoms with Gasteiger partial charge in [0.15, 0.2) is 0 Å². The molecule has 1 heterocycles. The van der Waals surface area contributed by atoms with Gasteiger partial charge in [-0.25, -0.2) is 4.98 Å². The number of aromatic nitrogens is 1. The molecule has 0 saturated carbocycles. The number of rotatable bonds is 2. The van der Waals surface area contributed by atoms with Crippen LogP contribution < -0.4 is 5.32 Å². The van der Waals surface area contributed by atoms with Crippen molar-refractivity contribution in [2.45, 2.75) is 20.0 Å². The quantitative estimate of drug-likeness (QED) is 0.664. The molecule has 0 saturated heterocycles. The fraction of sp³-hybridized carbons (Fsp3) is 0.167. The molecule has 0 radical (unpaired) electrons. The Labute approximate surface area is 132 Å². The molecule has 2 nitrogen and oxygen atoms in total. The number of para-hydroxylation sites is 1. The lowest BCUT2D eigenvalue weighted by Crippen LogP contribution is -2.05. The molecule has 0 bridgehead atoms. The van der Waals surface area contributed by atoms with E-state index in [0.29, 0.717) is 11.5 Å². The molecule has 118 valence electrons. The summed E-state index contributed by atoms with van der Waals surface area (Å²) in [5.74, 6) is 0.654. The van der Waals surface area contributed by atoms with Gasteiger partial charge in [-0.1, -0.05) is 18.2 Å². The molecule has 3 rings (SSSR count). The van der Waals surface area contributed by atoms with Crippen molar-refractivity contribution in [1.82, 2.24) is 4.98 Å². The fourth-order valence-corrected chi connectivity index (χ4v) is 2.47. The van der Waals surface area contributed by atoms with Crippen molar-refractivity contribution in [3.8, 4) is 0 Å². The summed E-state index contributed by atoms with van der Waals surface area (Å²) in [5, 5.41) is 4.18. The molecular weight excluding hydrogens is 301 g/mol. The molecule has 0 amide bonds. The molecule has 0 aliphatic rings. The first-order valence-electron chi connectivity index (χ1n) is 7.16. The van der Waals surface area contributed by atoms with E-state index in [1.54, 1.807) is 0 Å². The number of halogens is 3. The Morgan fingerprint density at radius 2 is 1.52 bits per heavy atom. The van der Waals surface area contributed by atoms with Gasteiger partial charge in [-0.15, -0.1) is 0 Å². The van der Waals surface area contributed by atoms with E-state index < -0.39 is 11.7 Å². The van der Waals surface area contributed by atoms with Gasteiger partial charge in [0.05, 0.1) is 11.1 Å². The summed E-state index contributed by atoms with van der Waals surface area (Å²) < 4.78 is 37.8. The van der Waals surface area contributed by atoms with Gasteiger partial charge in [0.25, 0.3) is 0 Å². The molecule has 0 fully saturated rings. The number of nitrogens with zero attached hydrogens (tertiary/aromatic N) is 1. The van der Waals surface area contributed by atoms with E-state index >= 15 is 0 Å². The Kier molecular flexibility index (Phi) is 3.72. The minimum atomic E-state index is -4.33. The normalized spacial score (nSPS) is 11.7. The number of hydrogen-bond donors (Lipinski definition) is 1. The maximum atomic E-state index is 12.6. The molecule has 23 heavy (non-hydrogen) atoms. The van der Waals surface area contributed by atoms with E-state index in [1.807, 2.05) is 38.1 Å². The van der Waals surface area contributed by atoms with Crippen molar-refractivity contribution in [2.24, 2.45) is 0 Å². The smallest absolute Gasteiger partial charge is 0.340 e. The topological polar surface area (TPSA) is 24.9 Å². The third-order valence-electron chi connectivity index (χ3n) is 3.93. The first kappa shape index (κ1) is 15.3. The van der Waals surface area contributed by atoms with E-state index in [-0.39, 0.29) is 0 Å². The Hall–Kier alpha value is -2.56. The van der Waals surface area contributed by atoms with Crippen LogP contribution in [-0.4, -0.2) is 4.98 Å². The summed E-state index contributed by atoms with van der Waals surface area (Å²) in [6.07, 6.45) is -4.33. The summed E-state index contributed by atoms with van der Waals surface area (Å²) in [4.78, 5) is 4.57. The van der Waals surface area contributed by atoms with Gasteiger partial charge in [-0.05, 0) is 55.3 Å². The lowest BCUT2D eigenvalue weighted by Gasteiger charge is -2.14. The van der Waals surface area contributed by atoms with E-state index in [9.17, 15) is 13.2 Å². The lowest BCUT2D eigenvalue weighted by molar-refractivity contribution is -0.137. The maximum Gasteiger partial charge on any atom is 0.416 e. The summed E-state index contributed by atoms with van der Waals surface area (Å²) in [5.41, 5.74) is 2.84. The third-order valence-corrected chi connectivity index (χ3v) is 3.93. The summed E-state index contributed by atoms with van der Waals surface area (Å²) in [6.45, 7) is 3.96. The molecule has 1 N–H and O–H groups in total. The van der Waals surface area contributed by atoms with Crippen molar-refractivity contribution < 1.29 is 13.2 Å². The number of anilines is 2. The number of alkyl halides is 3. The second-order valence-corrected chi connectivity index (χ2v) is 5.43. The molecule has 3 aromatic rings. The minimum absolute atomic E-state index is 0.572.